The molecule has 0 atom stereocenters. The van der Waals surface area contributed by atoms with Crippen LogP contribution in [0.5, 0.6) is 0 Å². The second-order valence-corrected chi connectivity index (χ2v) is 14.0. The largest absolute Gasteiger partial charge is 0.456 e. The molecule has 0 N–H and O–H groups in total. The molecular formula is C48H42N2O. The Morgan fingerprint density at radius 1 is 0.333 bits per heavy atom. The van der Waals surface area contributed by atoms with E-state index in [9.17, 15) is 0 Å². The first-order valence-electron chi connectivity index (χ1n) is 17.7. The van der Waals surface area contributed by atoms with E-state index in [1.54, 1.807) is 0 Å². The number of anilines is 6. The highest BCUT2D eigenvalue weighted by atomic mass is 16.3. The van der Waals surface area contributed by atoms with Crippen molar-refractivity contribution in [3.8, 4) is 11.1 Å². The molecule has 0 unspecified atom stereocenters. The molecule has 7 aromatic carbocycles. The van der Waals surface area contributed by atoms with E-state index in [4.69, 9.17) is 4.42 Å². The molecule has 250 valence electrons. The van der Waals surface area contributed by atoms with Crippen molar-refractivity contribution >= 4 is 56.1 Å². The summed E-state index contributed by atoms with van der Waals surface area (Å²) >= 11 is 0. The van der Waals surface area contributed by atoms with Crippen LogP contribution in [-0.2, 0) is 0 Å². The molecule has 0 aliphatic carbocycles. The molecule has 8 aromatic rings. The lowest BCUT2D eigenvalue weighted by Gasteiger charge is -2.29. The summed E-state index contributed by atoms with van der Waals surface area (Å²) < 4.78 is 6.48. The summed E-state index contributed by atoms with van der Waals surface area (Å²) in [5.74, 6) is 0. The summed E-state index contributed by atoms with van der Waals surface area (Å²) in [4.78, 5) is 4.72. The van der Waals surface area contributed by atoms with Crippen LogP contribution in [0.2, 0.25) is 0 Å². The maximum atomic E-state index is 6.48. The molecule has 1 heterocycles. The Kier molecular flexibility index (Phi) is 8.20. The van der Waals surface area contributed by atoms with Gasteiger partial charge in [-0.3, -0.25) is 0 Å². The van der Waals surface area contributed by atoms with E-state index >= 15 is 0 Å². The number of furan rings is 1. The fourth-order valence-corrected chi connectivity index (χ4v) is 7.24. The average Bonchev–Trinajstić information content (AvgIpc) is 3.49. The summed E-state index contributed by atoms with van der Waals surface area (Å²) in [7, 11) is 0. The predicted molar refractivity (Wildman–Crippen MR) is 217 cm³/mol. The fraction of sp³-hybridized carbons (Fsp3) is 0.125. The normalized spacial score (nSPS) is 11.3. The summed E-state index contributed by atoms with van der Waals surface area (Å²) in [6.45, 7) is 13.0. The molecule has 0 saturated heterocycles. The standard InChI is InChI=1S/C48H42N2O/c1-31-7-13-37(14-8-31)38-15-19-40(20-16-38)49(39-17-9-32(2)10-18-39)41-21-25-47-43(29-41)44-30-42(22-26-48(44)51-47)50(45-23-11-33(3)27-35(45)5)46-24-12-34(4)28-36(46)6/h7-30H,1-6H3. The predicted octanol–water partition coefficient (Wildman–Crippen LogP) is 14.0. The van der Waals surface area contributed by atoms with Gasteiger partial charge in [-0.25, -0.2) is 0 Å². The number of benzene rings is 7. The van der Waals surface area contributed by atoms with E-state index in [0.717, 1.165) is 44.7 Å². The number of hydrogen-bond acceptors (Lipinski definition) is 3. The van der Waals surface area contributed by atoms with Crippen LogP contribution in [0.25, 0.3) is 33.1 Å². The third kappa shape index (κ3) is 6.17. The van der Waals surface area contributed by atoms with E-state index in [0.29, 0.717) is 0 Å². The molecule has 0 aliphatic rings. The van der Waals surface area contributed by atoms with Crippen molar-refractivity contribution in [1.82, 2.24) is 0 Å². The van der Waals surface area contributed by atoms with Crippen LogP contribution in [0, 0.1) is 41.5 Å². The highest BCUT2D eigenvalue weighted by molar-refractivity contribution is 6.08. The van der Waals surface area contributed by atoms with Gasteiger partial charge in [0.05, 0.1) is 0 Å². The van der Waals surface area contributed by atoms with Crippen LogP contribution in [-0.4, -0.2) is 0 Å². The third-order valence-electron chi connectivity index (χ3n) is 9.94. The van der Waals surface area contributed by atoms with Gasteiger partial charge in [0.15, 0.2) is 0 Å². The molecule has 0 spiro atoms. The van der Waals surface area contributed by atoms with Crippen LogP contribution in [0.3, 0.4) is 0 Å². The highest BCUT2D eigenvalue weighted by Gasteiger charge is 2.20. The van der Waals surface area contributed by atoms with Crippen molar-refractivity contribution in [2.45, 2.75) is 41.5 Å². The molecule has 0 saturated carbocycles. The van der Waals surface area contributed by atoms with Crippen molar-refractivity contribution in [3.63, 3.8) is 0 Å². The number of nitrogens with zero attached hydrogens (tertiary/aromatic N) is 2. The third-order valence-corrected chi connectivity index (χ3v) is 9.94. The molecule has 0 aliphatic heterocycles. The second kappa shape index (κ2) is 13.0. The Morgan fingerprint density at radius 2 is 0.706 bits per heavy atom. The highest BCUT2D eigenvalue weighted by Crippen LogP contribution is 2.43. The zero-order valence-corrected chi connectivity index (χ0v) is 30.2. The first kappa shape index (κ1) is 32.2. The molecular weight excluding hydrogens is 621 g/mol. The van der Waals surface area contributed by atoms with Gasteiger partial charge in [-0.2, -0.15) is 0 Å². The topological polar surface area (TPSA) is 19.6 Å². The van der Waals surface area contributed by atoms with E-state index in [1.165, 1.54) is 55.9 Å². The lowest BCUT2D eigenvalue weighted by atomic mass is 10.0. The second-order valence-electron chi connectivity index (χ2n) is 14.0. The number of rotatable bonds is 7. The van der Waals surface area contributed by atoms with E-state index in [1.807, 2.05) is 0 Å². The Labute approximate surface area is 301 Å². The average molecular weight is 663 g/mol. The van der Waals surface area contributed by atoms with Gasteiger partial charge < -0.3 is 14.2 Å². The minimum absolute atomic E-state index is 0.869. The smallest absolute Gasteiger partial charge is 0.135 e. The fourth-order valence-electron chi connectivity index (χ4n) is 7.24. The number of fused-ring (bicyclic) bond motifs is 3. The SMILES string of the molecule is Cc1ccc(-c2ccc(N(c3ccc(C)cc3)c3ccc4oc5ccc(N(c6ccc(C)cc6C)c6ccc(C)cc6C)cc5c4c3)cc2)cc1. The minimum Gasteiger partial charge on any atom is -0.456 e. The van der Waals surface area contributed by atoms with E-state index < -0.39 is 0 Å². The number of aryl methyl sites for hydroxylation is 6. The van der Waals surface area contributed by atoms with Crippen molar-refractivity contribution in [3.05, 3.63) is 179 Å². The van der Waals surface area contributed by atoms with Crippen LogP contribution < -0.4 is 9.80 Å². The first-order valence-corrected chi connectivity index (χ1v) is 17.7. The van der Waals surface area contributed by atoms with E-state index in [-0.39, 0.29) is 0 Å². The van der Waals surface area contributed by atoms with Gasteiger partial charge in [0, 0.05) is 44.9 Å². The monoisotopic (exact) mass is 662 g/mol. The van der Waals surface area contributed by atoms with Gasteiger partial charge in [-0.15, -0.1) is 0 Å². The Balaban J connectivity index is 1.27. The Bertz CT molecular complexity index is 2470. The summed E-state index contributed by atoms with van der Waals surface area (Å²) in [6.07, 6.45) is 0. The molecule has 3 heteroatoms. The Morgan fingerprint density at radius 3 is 1.18 bits per heavy atom. The zero-order valence-electron chi connectivity index (χ0n) is 30.2. The molecule has 3 nitrogen and oxygen atoms in total. The lowest BCUT2D eigenvalue weighted by molar-refractivity contribution is 0.669. The molecule has 0 fully saturated rings. The van der Waals surface area contributed by atoms with Gasteiger partial charge in [-0.05, 0) is 137 Å². The van der Waals surface area contributed by atoms with Crippen molar-refractivity contribution < 1.29 is 4.42 Å². The van der Waals surface area contributed by atoms with Crippen molar-refractivity contribution in [2.75, 3.05) is 9.80 Å². The van der Waals surface area contributed by atoms with Gasteiger partial charge in [0.1, 0.15) is 11.2 Å². The first-order chi connectivity index (χ1) is 24.7. The van der Waals surface area contributed by atoms with Gasteiger partial charge in [-0.1, -0.05) is 95.1 Å². The quantitative estimate of drug-likeness (QED) is 0.169. The summed E-state index contributed by atoms with van der Waals surface area (Å²) in [5.41, 5.74) is 18.3. The van der Waals surface area contributed by atoms with Crippen LogP contribution in [0.1, 0.15) is 33.4 Å². The summed E-state index contributed by atoms with van der Waals surface area (Å²) in [6, 6.07) is 52.9. The zero-order chi connectivity index (χ0) is 35.2. The molecule has 8 rings (SSSR count). The van der Waals surface area contributed by atoms with Crippen molar-refractivity contribution in [2.24, 2.45) is 0 Å². The molecule has 51 heavy (non-hydrogen) atoms. The lowest BCUT2D eigenvalue weighted by Crippen LogP contribution is -2.13. The van der Waals surface area contributed by atoms with Crippen molar-refractivity contribution in [1.29, 1.82) is 0 Å². The van der Waals surface area contributed by atoms with Crippen LogP contribution in [0.15, 0.2) is 150 Å². The number of hydrogen-bond donors (Lipinski definition) is 0. The molecule has 1 aromatic heterocycles. The maximum absolute atomic E-state index is 6.48. The van der Waals surface area contributed by atoms with Crippen LogP contribution in [0.4, 0.5) is 34.1 Å². The van der Waals surface area contributed by atoms with Gasteiger partial charge in [0.2, 0.25) is 0 Å². The van der Waals surface area contributed by atoms with E-state index in [2.05, 4.69) is 197 Å². The van der Waals surface area contributed by atoms with Gasteiger partial charge in [0.25, 0.3) is 0 Å². The van der Waals surface area contributed by atoms with Crippen LogP contribution >= 0.6 is 0 Å². The molecule has 0 amide bonds. The Hall–Kier alpha value is -6.06. The van der Waals surface area contributed by atoms with Gasteiger partial charge >= 0.3 is 0 Å². The maximum Gasteiger partial charge on any atom is 0.135 e. The minimum atomic E-state index is 0.869. The molecule has 0 radical (unpaired) electrons. The summed E-state index contributed by atoms with van der Waals surface area (Å²) in [5, 5.41) is 2.17. The molecule has 0 bridgehead atoms.